The molecule has 0 radical (unpaired) electrons. The zero-order valence-corrected chi connectivity index (χ0v) is 15.4. The van der Waals surface area contributed by atoms with E-state index in [1.165, 1.54) is 35.2 Å². The molecule has 1 aromatic heterocycles. The van der Waals surface area contributed by atoms with E-state index in [0.29, 0.717) is 5.02 Å². The smallest absolute Gasteiger partial charge is 0.230 e. The van der Waals surface area contributed by atoms with Crippen LogP contribution < -0.4 is 5.32 Å². The Morgan fingerprint density at radius 3 is 2.88 bits per heavy atom. The number of fused-ring (bicyclic) bond motifs is 1. The maximum atomic E-state index is 13.7. The minimum Gasteiger partial charge on any atom is -0.349 e. The summed E-state index contributed by atoms with van der Waals surface area (Å²) in [5, 5.41) is 3.32. The maximum absolute atomic E-state index is 13.7. The molecule has 1 unspecified atom stereocenters. The first-order valence-electron chi connectivity index (χ1n) is 7.35. The minimum absolute atomic E-state index is 0.153. The molecule has 1 N–H and O–H groups in total. The first-order chi connectivity index (χ1) is 11.9. The van der Waals surface area contributed by atoms with Gasteiger partial charge in [0.1, 0.15) is 11.6 Å². The Morgan fingerprint density at radius 1 is 1.32 bits per heavy atom. The van der Waals surface area contributed by atoms with Crippen LogP contribution in [-0.2, 0) is 4.79 Å². The molecule has 130 valence electrons. The van der Waals surface area contributed by atoms with E-state index in [9.17, 15) is 13.6 Å². The summed E-state index contributed by atoms with van der Waals surface area (Å²) < 4.78 is 28.4. The third kappa shape index (κ3) is 4.48. The summed E-state index contributed by atoms with van der Waals surface area (Å²) in [5.41, 5.74) is 1.04. The summed E-state index contributed by atoms with van der Waals surface area (Å²) in [7, 11) is 0. The molecule has 3 rings (SSSR count). The number of carbonyl (C=O) groups is 1. The van der Waals surface area contributed by atoms with Crippen molar-refractivity contribution in [1.29, 1.82) is 0 Å². The molecule has 2 aromatic carbocycles. The molecule has 0 aliphatic rings. The third-order valence-corrected chi connectivity index (χ3v) is 5.88. The van der Waals surface area contributed by atoms with Crippen molar-refractivity contribution < 1.29 is 13.6 Å². The second-order valence-electron chi connectivity index (χ2n) is 5.34. The number of halogens is 3. The molecule has 0 saturated carbocycles. The molecule has 1 amide bonds. The van der Waals surface area contributed by atoms with Crippen molar-refractivity contribution in [2.24, 2.45) is 0 Å². The summed E-state index contributed by atoms with van der Waals surface area (Å²) >= 11 is 8.71. The number of nitrogens with zero attached hydrogens (tertiary/aromatic N) is 1. The Hall–Kier alpha value is -1.70. The Kier molecular flexibility index (Phi) is 5.56. The van der Waals surface area contributed by atoms with Crippen LogP contribution in [0.3, 0.4) is 0 Å². The summed E-state index contributed by atoms with van der Waals surface area (Å²) in [6.07, 6.45) is 0. The van der Waals surface area contributed by atoms with Crippen molar-refractivity contribution in [2.45, 2.75) is 17.3 Å². The number of thioether (sulfide) groups is 1. The van der Waals surface area contributed by atoms with E-state index < -0.39 is 17.7 Å². The van der Waals surface area contributed by atoms with Gasteiger partial charge in [0.2, 0.25) is 5.91 Å². The number of aromatic nitrogens is 1. The Labute approximate surface area is 156 Å². The number of nitrogens with one attached hydrogen (secondary N) is 1. The van der Waals surface area contributed by atoms with Gasteiger partial charge < -0.3 is 5.32 Å². The number of hydrogen-bond acceptors (Lipinski definition) is 4. The highest BCUT2D eigenvalue weighted by molar-refractivity contribution is 8.01. The second-order valence-corrected chi connectivity index (χ2v) is 8.03. The molecule has 25 heavy (non-hydrogen) atoms. The minimum atomic E-state index is -0.677. The van der Waals surface area contributed by atoms with Gasteiger partial charge in [-0.25, -0.2) is 13.8 Å². The van der Waals surface area contributed by atoms with E-state index in [1.54, 1.807) is 19.1 Å². The quantitative estimate of drug-likeness (QED) is 0.601. The van der Waals surface area contributed by atoms with E-state index in [4.69, 9.17) is 11.6 Å². The van der Waals surface area contributed by atoms with Gasteiger partial charge >= 0.3 is 0 Å². The second kappa shape index (κ2) is 7.68. The van der Waals surface area contributed by atoms with Crippen molar-refractivity contribution in [3.63, 3.8) is 0 Å². The molecule has 1 heterocycles. The number of carbonyl (C=O) groups excluding carboxylic acids is 1. The predicted molar refractivity (Wildman–Crippen MR) is 98.3 cm³/mol. The monoisotopic (exact) mass is 398 g/mol. The first kappa shape index (κ1) is 18.1. The van der Waals surface area contributed by atoms with Crippen molar-refractivity contribution in [3.8, 4) is 0 Å². The van der Waals surface area contributed by atoms with Gasteiger partial charge in [-0.3, -0.25) is 4.79 Å². The van der Waals surface area contributed by atoms with Gasteiger partial charge in [0, 0.05) is 16.7 Å². The van der Waals surface area contributed by atoms with Crippen molar-refractivity contribution in [2.75, 3.05) is 5.75 Å². The lowest BCUT2D eigenvalue weighted by Crippen LogP contribution is -2.28. The van der Waals surface area contributed by atoms with Crippen LogP contribution in [0.1, 0.15) is 18.5 Å². The lowest BCUT2D eigenvalue weighted by Gasteiger charge is -2.14. The zero-order valence-electron chi connectivity index (χ0n) is 13.1. The van der Waals surface area contributed by atoms with Crippen LogP contribution in [0, 0.1) is 11.6 Å². The van der Waals surface area contributed by atoms with Crippen LogP contribution in [0.15, 0.2) is 40.7 Å². The van der Waals surface area contributed by atoms with Crippen LogP contribution in [-0.4, -0.2) is 16.6 Å². The topological polar surface area (TPSA) is 42.0 Å². The van der Waals surface area contributed by atoms with E-state index in [1.807, 2.05) is 6.07 Å². The lowest BCUT2D eigenvalue weighted by molar-refractivity contribution is -0.119. The van der Waals surface area contributed by atoms with E-state index in [-0.39, 0.29) is 17.2 Å². The molecule has 0 aliphatic carbocycles. The molecule has 3 aromatic rings. The van der Waals surface area contributed by atoms with Crippen molar-refractivity contribution >= 4 is 50.8 Å². The molecule has 8 heteroatoms. The molecule has 0 aliphatic heterocycles. The normalized spacial score (nSPS) is 12.3. The number of amides is 1. The SMILES string of the molecule is CC(NC(=O)CSc1nc2cc(Cl)ccc2s1)c1ccc(F)cc1F. The lowest BCUT2D eigenvalue weighted by atomic mass is 10.1. The Balaban J connectivity index is 1.60. The van der Waals surface area contributed by atoms with E-state index >= 15 is 0 Å². The van der Waals surface area contributed by atoms with Gasteiger partial charge in [0.15, 0.2) is 4.34 Å². The van der Waals surface area contributed by atoms with Gasteiger partial charge in [-0.1, -0.05) is 29.4 Å². The Morgan fingerprint density at radius 2 is 2.12 bits per heavy atom. The Bertz CT molecular complexity index is 932. The largest absolute Gasteiger partial charge is 0.349 e. The van der Waals surface area contributed by atoms with Crippen molar-refractivity contribution in [1.82, 2.24) is 10.3 Å². The molecule has 3 nitrogen and oxygen atoms in total. The first-order valence-corrected chi connectivity index (χ1v) is 9.53. The van der Waals surface area contributed by atoms with Crippen LogP contribution in [0.25, 0.3) is 10.2 Å². The van der Waals surface area contributed by atoms with E-state index in [2.05, 4.69) is 10.3 Å². The summed E-state index contributed by atoms with van der Waals surface area (Å²) in [6.45, 7) is 1.65. The number of benzene rings is 2. The fourth-order valence-electron chi connectivity index (χ4n) is 2.28. The average Bonchev–Trinajstić information content (AvgIpc) is 2.94. The standard InChI is InChI=1S/C17H13ClF2N2OS2/c1-9(12-4-3-11(19)7-13(12)20)21-16(23)8-24-17-22-14-6-10(18)2-5-15(14)25-17/h2-7,9H,8H2,1H3,(H,21,23). The molecule has 0 spiro atoms. The predicted octanol–water partition coefficient (Wildman–Crippen LogP) is 5.20. The third-order valence-electron chi connectivity index (χ3n) is 3.46. The summed E-state index contributed by atoms with van der Waals surface area (Å²) in [6, 6.07) is 8.21. The highest BCUT2D eigenvalue weighted by atomic mass is 35.5. The molecule has 0 bridgehead atoms. The molecular formula is C17H13ClF2N2OS2. The highest BCUT2D eigenvalue weighted by Gasteiger charge is 2.15. The van der Waals surface area contributed by atoms with Crippen LogP contribution >= 0.6 is 34.7 Å². The van der Waals surface area contributed by atoms with Gasteiger partial charge in [0.05, 0.1) is 22.0 Å². The van der Waals surface area contributed by atoms with Gasteiger partial charge in [-0.15, -0.1) is 11.3 Å². The summed E-state index contributed by atoms with van der Waals surface area (Å²) in [4.78, 5) is 16.5. The van der Waals surface area contributed by atoms with Gasteiger partial charge in [0.25, 0.3) is 0 Å². The molecular weight excluding hydrogens is 386 g/mol. The average molecular weight is 399 g/mol. The molecule has 0 saturated heterocycles. The van der Waals surface area contributed by atoms with Crippen molar-refractivity contribution in [3.05, 3.63) is 58.6 Å². The van der Waals surface area contributed by atoms with Crippen LogP contribution in [0.2, 0.25) is 5.02 Å². The maximum Gasteiger partial charge on any atom is 0.230 e. The summed E-state index contributed by atoms with van der Waals surface area (Å²) in [5.74, 6) is -1.42. The van der Waals surface area contributed by atoms with Gasteiger partial charge in [-0.2, -0.15) is 0 Å². The van der Waals surface area contributed by atoms with Crippen LogP contribution in [0.4, 0.5) is 8.78 Å². The fraction of sp³-hybridized carbons (Fsp3) is 0.176. The van der Waals surface area contributed by atoms with Gasteiger partial charge in [-0.05, 0) is 31.2 Å². The fourth-order valence-corrected chi connectivity index (χ4v) is 4.31. The highest BCUT2D eigenvalue weighted by Crippen LogP contribution is 2.31. The number of rotatable bonds is 5. The zero-order chi connectivity index (χ0) is 18.0. The number of thiazole rings is 1. The molecule has 0 fully saturated rings. The van der Waals surface area contributed by atoms with E-state index in [0.717, 1.165) is 20.6 Å². The number of hydrogen-bond donors (Lipinski definition) is 1. The van der Waals surface area contributed by atoms with Crippen LogP contribution in [0.5, 0.6) is 0 Å². The molecule has 1 atom stereocenters.